The Bertz CT molecular complexity index is 1140. The number of amides is 2. The molecule has 0 saturated heterocycles. The first-order valence-electron chi connectivity index (χ1n) is 11.3. The summed E-state index contributed by atoms with van der Waals surface area (Å²) in [7, 11) is -2.25. The predicted octanol–water partition coefficient (Wildman–Crippen LogP) is 3.76. The molecule has 8 nitrogen and oxygen atoms in total. The minimum Gasteiger partial charge on any atom is -0.497 e. The van der Waals surface area contributed by atoms with E-state index in [9.17, 15) is 18.0 Å². The van der Waals surface area contributed by atoms with Crippen LogP contribution in [0.4, 0.5) is 5.69 Å². The van der Waals surface area contributed by atoms with E-state index < -0.39 is 28.5 Å². The second-order valence-electron chi connectivity index (χ2n) is 8.66. The Morgan fingerprint density at radius 2 is 1.74 bits per heavy atom. The van der Waals surface area contributed by atoms with E-state index in [1.165, 1.54) is 4.90 Å². The van der Waals surface area contributed by atoms with E-state index in [1.54, 1.807) is 44.4 Å². The lowest BCUT2D eigenvalue weighted by Crippen LogP contribution is -2.53. The molecule has 0 heterocycles. The fourth-order valence-electron chi connectivity index (χ4n) is 3.72. The molecule has 0 aliphatic rings. The highest BCUT2D eigenvalue weighted by atomic mass is 35.5. The number of carbonyl (C=O) groups excluding carboxylic acids is 2. The average molecular weight is 524 g/mol. The van der Waals surface area contributed by atoms with Gasteiger partial charge in [-0.15, -0.1) is 0 Å². The Morgan fingerprint density at radius 1 is 1.11 bits per heavy atom. The zero-order valence-electron chi connectivity index (χ0n) is 21.0. The highest BCUT2D eigenvalue weighted by Crippen LogP contribution is 2.26. The van der Waals surface area contributed by atoms with Crippen molar-refractivity contribution in [2.45, 2.75) is 52.7 Å². The number of nitrogens with one attached hydrogen (secondary N) is 1. The first-order chi connectivity index (χ1) is 16.4. The average Bonchev–Trinajstić information content (AvgIpc) is 2.77. The molecule has 0 aromatic heterocycles. The molecule has 0 aliphatic carbocycles. The Labute approximate surface area is 213 Å². The van der Waals surface area contributed by atoms with E-state index in [0.29, 0.717) is 28.4 Å². The molecule has 0 radical (unpaired) electrons. The molecule has 35 heavy (non-hydrogen) atoms. The fourth-order valence-corrected chi connectivity index (χ4v) is 4.86. The van der Waals surface area contributed by atoms with Crippen molar-refractivity contribution in [2.75, 3.05) is 24.2 Å². The normalized spacial score (nSPS) is 12.2. The van der Waals surface area contributed by atoms with E-state index in [2.05, 4.69) is 5.32 Å². The van der Waals surface area contributed by atoms with Crippen LogP contribution in [0.2, 0.25) is 5.02 Å². The third kappa shape index (κ3) is 7.86. The van der Waals surface area contributed by atoms with Gasteiger partial charge in [-0.1, -0.05) is 30.7 Å². The van der Waals surface area contributed by atoms with E-state index in [1.807, 2.05) is 32.9 Å². The van der Waals surface area contributed by atoms with Gasteiger partial charge in [-0.3, -0.25) is 13.9 Å². The number of hydrogen-bond donors (Lipinski definition) is 1. The summed E-state index contributed by atoms with van der Waals surface area (Å²) in [6.45, 7) is 6.90. The molecule has 0 saturated carbocycles. The highest BCUT2D eigenvalue weighted by Gasteiger charge is 2.32. The minimum atomic E-state index is -3.81. The molecule has 1 atom stereocenters. The Morgan fingerprint density at radius 3 is 2.23 bits per heavy atom. The van der Waals surface area contributed by atoms with E-state index in [4.69, 9.17) is 16.3 Å². The molecule has 2 aromatic carbocycles. The molecule has 2 amide bonds. The summed E-state index contributed by atoms with van der Waals surface area (Å²) < 4.78 is 31.7. The first kappa shape index (κ1) is 28.5. The van der Waals surface area contributed by atoms with E-state index >= 15 is 0 Å². The summed E-state index contributed by atoms with van der Waals surface area (Å²) in [6, 6.07) is 11.1. The van der Waals surface area contributed by atoms with Crippen LogP contribution in [0.3, 0.4) is 0 Å². The van der Waals surface area contributed by atoms with Crippen molar-refractivity contribution >= 4 is 39.1 Å². The highest BCUT2D eigenvalue weighted by molar-refractivity contribution is 7.92. The van der Waals surface area contributed by atoms with Crippen LogP contribution in [0.1, 0.15) is 38.3 Å². The Balaban J connectivity index is 2.46. The Hall–Kier alpha value is -2.78. The maximum atomic E-state index is 13.7. The topological polar surface area (TPSA) is 96.0 Å². The van der Waals surface area contributed by atoms with Gasteiger partial charge in [0.05, 0.1) is 19.1 Å². The van der Waals surface area contributed by atoms with Gasteiger partial charge in [0, 0.05) is 17.6 Å². The third-order valence-corrected chi connectivity index (χ3v) is 6.80. The van der Waals surface area contributed by atoms with Crippen molar-refractivity contribution in [1.29, 1.82) is 0 Å². The SMILES string of the molecule is CC[C@H](C(=O)NC(C)C)N(Cc1ccc(OC)cc1)C(=O)CN(c1ccc(Cl)cc1C)S(C)(=O)=O. The number of halogens is 1. The lowest BCUT2D eigenvalue weighted by Gasteiger charge is -2.33. The quantitative estimate of drug-likeness (QED) is 0.484. The monoisotopic (exact) mass is 523 g/mol. The van der Waals surface area contributed by atoms with Gasteiger partial charge in [0.1, 0.15) is 18.3 Å². The van der Waals surface area contributed by atoms with Crippen molar-refractivity contribution < 1.29 is 22.7 Å². The van der Waals surface area contributed by atoms with Crippen molar-refractivity contribution in [3.8, 4) is 5.75 Å². The number of aryl methyl sites for hydroxylation is 1. The number of hydrogen-bond acceptors (Lipinski definition) is 5. The van der Waals surface area contributed by atoms with Gasteiger partial charge < -0.3 is 15.0 Å². The molecule has 0 spiro atoms. The number of rotatable bonds is 11. The number of methoxy groups -OCH3 is 1. The van der Waals surface area contributed by atoms with Gasteiger partial charge in [-0.2, -0.15) is 0 Å². The van der Waals surface area contributed by atoms with Crippen LogP contribution in [0.15, 0.2) is 42.5 Å². The van der Waals surface area contributed by atoms with Crippen LogP contribution in [-0.2, 0) is 26.2 Å². The number of sulfonamides is 1. The first-order valence-corrected chi connectivity index (χ1v) is 13.6. The van der Waals surface area contributed by atoms with Crippen LogP contribution in [0.25, 0.3) is 0 Å². The largest absolute Gasteiger partial charge is 0.497 e. The zero-order chi connectivity index (χ0) is 26.3. The summed E-state index contributed by atoms with van der Waals surface area (Å²) in [5.74, 6) is -0.123. The molecular weight excluding hydrogens is 490 g/mol. The molecular formula is C25H34ClN3O5S. The van der Waals surface area contributed by atoms with Crippen LogP contribution in [0.5, 0.6) is 5.75 Å². The minimum absolute atomic E-state index is 0.112. The van der Waals surface area contributed by atoms with Crippen LogP contribution < -0.4 is 14.4 Å². The lowest BCUT2D eigenvalue weighted by atomic mass is 10.1. The number of nitrogens with zero attached hydrogens (tertiary/aromatic N) is 2. The van der Waals surface area contributed by atoms with Crippen molar-refractivity contribution in [2.24, 2.45) is 0 Å². The summed E-state index contributed by atoms with van der Waals surface area (Å²) in [5, 5.41) is 3.33. The standard InChI is InChI=1S/C25H34ClN3O5S/c1-7-22(25(31)27-17(2)3)28(15-19-8-11-21(34-5)12-9-19)24(30)16-29(35(6,32)33)23-13-10-20(26)14-18(23)4/h8-14,17,22H,7,15-16H2,1-6H3,(H,27,31)/t22-/m1/s1. The molecule has 0 fully saturated rings. The number of benzene rings is 2. The van der Waals surface area contributed by atoms with Crippen LogP contribution in [0, 0.1) is 6.92 Å². The van der Waals surface area contributed by atoms with Gasteiger partial charge in [0.25, 0.3) is 0 Å². The third-order valence-electron chi connectivity index (χ3n) is 5.44. The zero-order valence-corrected chi connectivity index (χ0v) is 22.6. The number of carbonyl (C=O) groups is 2. The summed E-state index contributed by atoms with van der Waals surface area (Å²) in [4.78, 5) is 28.1. The summed E-state index contributed by atoms with van der Waals surface area (Å²) >= 11 is 6.04. The maximum Gasteiger partial charge on any atom is 0.244 e. The predicted molar refractivity (Wildman–Crippen MR) is 139 cm³/mol. The van der Waals surface area contributed by atoms with Crippen molar-refractivity contribution in [3.05, 3.63) is 58.6 Å². The Kier molecular flexibility index (Phi) is 9.97. The fraction of sp³-hybridized carbons (Fsp3) is 0.440. The summed E-state index contributed by atoms with van der Waals surface area (Å²) in [5.41, 5.74) is 1.75. The van der Waals surface area contributed by atoms with Crippen molar-refractivity contribution in [3.63, 3.8) is 0 Å². The molecule has 1 N–H and O–H groups in total. The second-order valence-corrected chi connectivity index (χ2v) is 11.0. The van der Waals surface area contributed by atoms with Crippen LogP contribution >= 0.6 is 11.6 Å². The van der Waals surface area contributed by atoms with Gasteiger partial charge in [-0.25, -0.2) is 8.42 Å². The van der Waals surface area contributed by atoms with Gasteiger partial charge in [0.15, 0.2) is 0 Å². The molecule has 10 heteroatoms. The smallest absolute Gasteiger partial charge is 0.244 e. The molecule has 0 unspecified atom stereocenters. The van der Waals surface area contributed by atoms with Gasteiger partial charge >= 0.3 is 0 Å². The molecule has 0 aliphatic heterocycles. The molecule has 2 aromatic rings. The number of anilines is 1. The van der Waals surface area contributed by atoms with Crippen LogP contribution in [-0.4, -0.2) is 57.1 Å². The molecule has 192 valence electrons. The number of ether oxygens (including phenoxy) is 1. The maximum absolute atomic E-state index is 13.7. The van der Waals surface area contributed by atoms with Gasteiger partial charge in [-0.05, 0) is 68.7 Å². The van der Waals surface area contributed by atoms with E-state index in [0.717, 1.165) is 16.1 Å². The lowest BCUT2D eigenvalue weighted by molar-refractivity contribution is -0.140. The molecule has 2 rings (SSSR count). The van der Waals surface area contributed by atoms with Gasteiger partial charge in [0.2, 0.25) is 21.8 Å². The second kappa shape index (κ2) is 12.3. The van der Waals surface area contributed by atoms with E-state index in [-0.39, 0.29) is 18.5 Å². The van der Waals surface area contributed by atoms with Crippen molar-refractivity contribution in [1.82, 2.24) is 10.2 Å². The molecule has 0 bridgehead atoms. The summed E-state index contributed by atoms with van der Waals surface area (Å²) in [6.07, 6.45) is 1.41.